The fourth-order valence-electron chi connectivity index (χ4n) is 3.40. The predicted molar refractivity (Wildman–Crippen MR) is 111 cm³/mol. The van der Waals surface area contributed by atoms with E-state index >= 15 is 0 Å². The molecule has 0 spiro atoms. The third-order valence-electron chi connectivity index (χ3n) is 4.64. The number of pyridine rings is 1. The van der Waals surface area contributed by atoms with Gasteiger partial charge >= 0.3 is 0 Å². The Bertz CT molecular complexity index is 1240. The Labute approximate surface area is 158 Å². The quantitative estimate of drug-likeness (QED) is 0.550. The number of nitrogens with zero attached hydrogens (tertiary/aromatic N) is 2. The Morgan fingerprint density at radius 3 is 2.67 bits per heavy atom. The van der Waals surface area contributed by atoms with E-state index in [1.54, 1.807) is 6.07 Å². The minimum Gasteiger partial charge on any atom is -0.284 e. The molecular formula is C21H21N3O2S. The minimum atomic E-state index is -3.29. The molecule has 2 aromatic carbocycles. The number of hydrogen-bond donors (Lipinski definition) is 1. The van der Waals surface area contributed by atoms with Gasteiger partial charge in [0, 0.05) is 17.4 Å². The van der Waals surface area contributed by atoms with Gasteiger partial charge in [0.15, 0.2) is 0 Å². The fourth-order valence-corrected chi connectivity index (χ4v) is 4.53. The SMILES string of the molecule is CCCS(=O)(=O)Nc1ccc2cc(-c3cnn4cccc(C)c34)ccc2c1. The molecule has 0 bridgehead atoms. The van der Waals surface area contributed by atoms with Gasteiger partial charge < -0.3 is 0 Å². The van der Waals surface area contributed by atoms with Crippen LogP contribution in [0, 0.1) is 6.92 Å². The van der Waals surface area contributed by atoms with Crippen molar-refractivity contribution in [3.8, 4) is 11.1 Å². The van der Waals surface area contributed by atoms with Gasteiger partial charge in [-0.05, 0) is 59.5 Å². The first-order valence-electron chi connectivity index (χ1n) is 8.94. The summed E-state index contributed by atoms with van der Waals surface area (Å²) in [4.78, 5) is 0. The number of anilines is 1. The first-order chi connectivity index (χ1) is 13.0. The van der Waals surface area contributed by atoms with Crippen LogP contribution in [0.4, 0.5) is 5.69 Å². The number of nitrogens with one attached hydrogen (secondary N) is 1. The van der Waals surface area contributed by atoms with Gasteiger partial charge in [-0.2, -0.15) is 5.10 Å². The van der Waals surface area contributed by atoms with Crippen molar-refractivity contribution < 1.29 is 8.42 Å². The number of aromatic nitrogens is 2. The van der Waals surface area contributed by atoms with E-state index in [4.69, 9.17) is 0 Å². The van der Waals surface area contributed by atoms with Gasteiger partial charge in [-0.1, -0.05) is 31.2 Å². The third-order valence-corrected chi connectivity index (χ3v) is 6.13. The Kier molecular flexibility index (Phi) is 4.36. The normalized spacial score (nSPS) is 11.9. The molecule has 6 heteroatoms. The van der Waals surface area contributed by atoms with Crippen molar-refractivity contribution in [2.45, 2.75) is 20.3 Å². The highest BCUT2D eigenvalue weighted by Gasteiger charge is 2.11. The summed E-state index contributed by atoms with van der Waals surface area (Å²) in [5, 5.41) is 6.49. The van der Waals surface area contributed by atoms with E-state index in [-0.39, 0.29) is 5.75 Å². The highest BCUT2D eigenvalue weighted by atomic mass is 32.2. The summed E-state index contributed by atoms with van der Waals surface area (Å²) in [6.45, 7) is 3.93. The molecular weight excluding hydrogens is 358 g/mol. The van der Waals surface area contributed by atoms with Crippen LogP contribution in [0.3, 0.4) is 0 Å². The lowest BCUT2D eigenvalue weighted by molar-refractivity contribution is 0.600. The first-order valence-corrected chi connectivity index (χ1v) is 10.6. The summed E-state index contributed by atoms with van der Waals surface area (Å²) in [6, 6.07) is 15.9. The van der Waals surface area contributed by atoms with Crippen LogP contribution in [0.1, 0.15) is 18.9 Å². The van der Waals surface area contributed by atoms with E-state index in [1.165, 1.54) is 5.56 Å². The number of hydrogen-bond acceptors (Lipinski definition) is 3. The van der Waals surface area contributed by atoms with Gasteiger partial charge in [0.05, 0.1) is 17.5 Å². The third kappa shape index (κ3) is 3.40. The van der Waals surface area contributed by atoms with E-state index in [9.17, 15) is 8.42 Å². The van der Waals surface area contributed by atoms with Crippen molar-refractivity contribution in [2.75, 3.05) is 10.5 Å². The second-order valence-electron chi connectivity index (χ2n) is 6.74. The zero-order valence-electron chi connectivity index (χ0n) is 15.3. The standard InChI is InChI=1S/C21H21N3O2S/c1-3-11-27(25,26)23-19-9-8-16-12-18(7-6-17(16)13-19)20-14-22-24-10-4-5-15(2)21(20)24/h4-10,12-14,23H,3,11H2,1-2H3. The Balaban J connectivity index is 1.74. The summed E-state index contributed by atoms with van der Waals surface area (Å²) in [5.41, 5.74) is 5.04. The molecule has 0 amide bonds. The van der Waals surface area contributed by atoms with Crippen LogP contribution in [-0.4, -0.2) is 23.8 Å². The highest BCUT2D eigenvalue weighted by molar-refractivity contribution is 7.92. The molecule has 0 aliphatic rings. The zero-order chi connectivity index (χ0) is 19.0. The van der Waals surface area contributed by atoms with Gasteiger partial charge in [0.25, 0.3) is 0 Å². The molecule has 1 N–H and O–H groups in total. The number of benzene rings is 2. The lowest BCUT2D eigenvalue weighted by Crippen LogP contribution is -2.15. The largest absolute Gasteiger partial charge is 0.284 e. The van der Waals surface area contributed by atoms with E-state index < -0.39 is 10.0 Å². The second-order valence-corrected chi connectivity index (χ2v) is 8.58. The van der Waals surface area contributed by atoms with Crippen molar-refractivity contribution in [1.82, 2.24) is 9.61 Å². The number of aryl methyl sites for hydroxylation is 1. The van der Waals surface area contributed by atoms with Gasteiger partial charge in [0.2, 0.25) is 10.0 Å². The first kappa shape index (κ1) is 17.5. The van der Waals surface area contributed by atoms with Crippen LogP contribution in [0.5, 0.6) is 0 Å². The number of rotatable bonds is 5. The average molecular weight is 379 g/mol. The molecule has 0 aliphatic heterocycles. The van der Waals surface area contributed by atoms with Crippen LogP contribution in [0.15, 0.2) is 60.9 Å². The fraction of sp³-hybridized carbons (Fsp3) is 0.190. The van der Waals surface area contributed by atoms with Gasteiger partial charge in [-0.15, -0.1) is 0 Å². The molecule has 0 unspecified atom stereocenters. The summed E-state index contributed by atoms with van der Waals surface area (Å²) in [7, 11) is -3.29. The van der Waals surface area contributed by atoms with E-state index in [0.29, 0.717) is 12.1 Å². The molecule has 0 atom stereocenters. The number of fused-ring (bicyclic) bond motifs is 2. The summed E-state index contributed by atoms with van der Waals surface area (Å²) in [5.74, 6) is 0.123. The van der Waals surface area contributed by atoms with Crippen LogP contribution < -0.4 is 4.72 Å². The van der Waals surface area contributed by atoms with Crippen molar-refractivity contribution >= 4 is 32.0 Å². The van der Waals surface area contributed by atoms with Crippen molar-refractivity contribution in [2.24, 2.45) is 0 Å². The van der Waals surface area contributed by atoms with Crippen LogP contribution in [0.2, 0.25) is 0 Å². The van der Waals surface area contributed by atoms with Crippen molar-refractivity contribution in [3.05, 3.63) is 66.5 Å². The maximum absolute atomic E-state index is 12.0. The molecule has 138 valence electrons. The molecule has 2 heterocycles. The Morgan fingerprint density at radius 1 is 1.07 bits per heavy atom. The molecule has 0 aliphatic carbocycles. The van der Waals surface area contributed by atoms with Crippen molar-refractivity contribution in [3.63, 3.8) is 0 Å². The van der Waals surface area contributed by atoms with Crippen LogP contribution in [0.25, 0.3) is 27.4 Å². The monoisotopic (exact) mass is 379 g/mol. The lowest BCUT2D eigenvalue weighted by Gasteiger charge is -2.09. The van der Waals surface area contributed by atoms with Crippen LogP contribution >= 0.6 is 0 Å². The molecule has 2 aromatic heterocycles. The van der Waals surface area contributed by atoms with E-state index in [0.717, 1.165) is 27.4 Å². The topological polar surface area (TPSA) is 63.5 Å². The average Bonchev–Trinajstić information content (AvgIpc) is 3.06. The van der Waals surface area contributed by atoms with E-state index in [2.05, 4.69) is 34.9 Å². The smallest absolute Gasteiger partial charge is 0.232 e. The molecule has 0 saturated carbocycles. The van der Waals surface area contributed by atoms with Crippen molar-refractivity contribution in [1.29, 1.82) is 0 Å². The Morgan fingerprint density at radius 2 is 1.85 bits per heavy atom. The second kappa shape index (κ2) is 6.70. The predicted octanol–water partition coefficient (Wildman–Crippen LogP) is 4.61. The summed E-state index contributed by atoms with van der Waals surface area (Å²) >= 11 is 0. The highest BCUT2D eigenvalue weighted by Crippen LogP contribution is 2.30. The molecule has 4 rings (SSSR count). The minimum absolute atomic E-state index is 0.123. The van der Waals surface area contributed by atoms with Gasteiger partial charge in [-0.25, -0.2) is 12.9 Å². The van der Waals surface area contributed by atoms with Gasteiger partial charge in [-0.3, -0.25) is 4.72 Å². The molecule has 4 aromatic rings. The maximum Gasteiger partial charge on any atom is 0.232 e. The number of sulfonamides is 1. The molecule has 0 radical (unpaired) electrons. The molecule has 0 fully saturated rings. The lowest BCUT2D eigenvalue weighted by atomic mass is 10.0. The van der Waals surface area contributed by atoms with E-state index in [1.807, 2.05) is 48.1 Å². The van der Waals surface area contributed by atoms with Crippen LogP contribution in [-0.2, 0) is 10.0 Å². The molecule has 27 heavy (non-hydrogen) atoms. The zero-order valence-corrected chi connectivity index (χ0v) is 16.1. The molecule has 5 nitrogen and oxygen atoms in total. The maximum atomic E-state index is 12.0. The van der Waals surface area contributed by atoms with Gasteiger partial charge in [0.1, 0.15) is 0 Å². The Hall–Kier alpha value is -2.86. The molecule has 0 saturated heterocycles. The summed E-state index contributed by atoms with van der Waals surface area (Å²) < 4.78 is 28.5. The summed E-state index contributed by atoms with van der Waals surface area (Å²) in [6.07, 6.45) is 4.42.